The maximum Gasteiger partial charge on any atom is 0.321 e. The molecule has 40 heavy (non-hydrogen) atoms. The first-order valence-corrected chi connectivity index (χ1v) is 14.0. The Labute approximate surface area is 237 Å². The molecular weight excluding hydrogens is 586 g/mol. The minimum atomic E-state index is -1.12. The van der Waals surface area contributed by atoms with Crippen molar-refractivity contribution in [1.29, 1.82) is 0 Å². The number of β-lactam (4-membered cyclic amide) rings is 1. The molecule has 2 aromatic heterocycles. The number of thioether (sulfide) groups is 2. The summed E-state index contributed by atoms with van der Waals surface area (Å²) in [7, 11) is 1.26. The third kappa shape index (κ3) is 5.27. The molecule has 1 unspecified atom stereocenters. The summed E-state index contributed by atoms with van der Waals surface area (Å²) < 4.78 is 5.58. The topological polar surface area (TPSA) is 227 Å². The molecule has 0 spiro atoms. The molecule has 15 nitrogen and oxygen atoms in total. The van der Waals surface area contributed by atoms with Gasteiger partial charge in [0, 0.05) is 22.9 Å². The van der Waals surface area contributed by atoms with Gasteiger partial charge in [0.15, 0.2) is 22.3 Å². The van der Waals surface area contributed by atoms with Crippen LogP contribution in [0.15, 0.2) is 50.1 Å². The number of hydrogen-bond acceptors (Lipinski definition) is 15. The van der Waals surface area contributed by atoms with Gasteiger partial charge >= 0.3 is 5.97 Å². The molecule has 3 atom stereocenters. The predicted molar refractivity (Wildman–Crippen MR) is 144 cm³/mol. The van der Waals surface area contributed by atoms with Crippen LogP contribution in [0.25, 0.3) is 11.5 Å². The van der Waals surface area contributed by atoms with Crippen LogP contribution in [0.3, 0.4) is 0 Å². The van der Waals surface area contributed by atoms with E-state index in [0.29, 0.717) is 11.1 Å². The largest absolute Gasteiger partial charge is 0.504 e. The van der Waals surface area contributed by atoms with Crippen LogP contribution in [0, 0.1) is 0 Å². The molecule has 3 aromatic rings. The molecule has 5 rings (SSSR count). The number of fused-ring (bicyclic) bond motifs is 1. The van der Waals surface area contributed by atoms with Crippen LogP contribution >= 0.6 is 34.9 Å². The Morgan fingerprint density at radius 2 is 2.10 bits per heavy atom. The Kier molecular flexibility index (Phi) is 7.55. The van der Waals surface area contributed by atoms with Crippen molar-refractivity contribution in [1.82, 2.24) is 25.4 Å². The molecule has 0 saturated carbocycles. The lowest BCUT2D eigenvalue weighted by Crippen LogP contribution is -2.69. The van der Waals surface area contributed by atoms with Crippen molar-refractivity contribution < 1.29 is 39.0 Å². The number of thiazole rings is 1. The molecule has 18 heteroatoms. The number of carbonyl (C=O) groups is 3. The first-order valence-electron chi connectivity index (χ1n) is 11.2. The zero-order valence-corrected chi connectivity index (χ0v) is 22.7. The lowest BCUT2D eigenvalue weighted by molar-refractivity contribution is -0.144. The second-order valence-corrected chi connectivity index (χ2v) is 11.2. The number of rotatable bonds is 9. The van der Waals surface area contributed by atoms with Gasteiger partial charge in [-0.3, -0.25) is 14.4 Å². The van der Waals surface area contributed by atoms with Crippen LogP contribution in [-0.2, 0) is 19.2 Å². The summed E-state index contributed by atoms with van der Waals surface area (Å²) in [6, 6.07) is 3.03. The maximum absolute atomic E-state index is 12.9. The summed E-state index contributed by atoms with van der Waals surface area (Å²) in [5, 5.41) is 43.3. The zero-order chi connectivity index (χ0) is 28.6. The average molecular weight is 606 g/mol. The number of carbonyl (C=O) groups excluding carboxylic acids is 2. The lowest BCUT2D eigenvalue weighted by Gasteiger charge is -2.48. The second kappa shape index (κ2) is 11.1. The SMILES string of the molecule is CO/N=C(\C(=O)N[C@@H]1C(=O)N2C=C(CSc3nnc(-c4ccc(O)c(O)c4)o3)C(C(=O)O)S[C@H]12)c1csc(N)n1. The van der Waals surface area contributed by atoms with Gasteiger partial charge in [-0.1, -0.05) is 16.9 Å². The third-order valence-corrected chi connectivity index (χ3v) is 8.78. The molecular formula is C22H19N7O8S3. The van der Waals surface area contributed by atoms with Gasteiger partial charge in [-0.25, -0.2) is 4.98 Å². The summed E-state index contributed by atoms with van der Waals surface area (Å²) in [6.07, 6.45) is 1.46. The van der Waals surface area contributed by atoms with Crippen molar-refractivity contribution >= 4 is 63.5 Å². The molecule has 6 N–H and O–H groups in total. The van der Waals surface area contributed by atoms with Crippen molar-refractivity contribution in [3.8, 4) is 23.0 Å². The van der Waals surface area contributed by atoms with Crippen molar-refractivity contribution in [2.75, 3.05) is 18.6 Å². The Balaban J connectivity index is 1.27. The number of aromatic hydroxyl groups is 2. The number of carboxylic acids is 1. The normalized spacial score (nSPS) is 20.4. The molecule has 0 bridgehead atoms. The lowest BCUT2D eigenvalue weighted by atomic mass is 10.1. The van der Waals surface area contributed by atoms with Gasteiger partial charge in [-0.15, -0.1) is 33.3 Å². The summed E-state index contributed by atoms with van der Waals surface area (Å²) in [5.41, 5.74) is 6.44. The van der Waals surface area contributed by atoms with E-state index < -0.39 is 34.4 Å². The fourth-order valence-electron chi connectivity index (χ4n) is 3.79. The summed E-state index contributed by atoms with van der Waals surface area (Å²) in [4.78, 5) is 48.0. The van der Waals surface area contributed by atoms with Gasteiger partial charge in [0.05, 0.1) is 0 Å². The van der Waals surface area contributed by atoms with Gasteiger partial charge in [0.1, 0.15) is 29.5 Å². The fraction of sp³-hybridized carbons (Fsp3) is 0.227. The van der Waals surface area contributed by atoms with E-state index in [1.807, 2.05) is 0 Å². The van der Waals surface area contributed by atoms with Gasteiger partial charge < -0.3 is 40.5 Å². The maximum atomic E-state index is 12.9. The highest BCUT2D eigenvalue weighted by molar-refractivity contribution is 8.02. The number of amides is 2. The molecule has 208 valence electrons. The smallest absolute Gasteiger partial charge is 0.321 e. The van der Waals surface area contributed by atoms with Crippen molar-refractivity contribution in [2.45, 2.75) is 21.9 Å². The molecule has 0 radical (unpaired) electrons. The van der Waals surface area contributed by atoms with Crippen molar-refractivity contribution in [3.05, 3.63) is 41.0 Å². The van der Waals surface area contributed by atoms with E-state index in [4.69, 9.17) is 15.0 Å². The highest BCUT2D eigenvalue weighted by atomic mass is 32.2. The molecule has 1 fully saturated rings. The molecule has 4 heterocycles. The first-order chi connectivity index (χ1) is 19.2. The number of oxime groups is 1. The number of nitrogens with zero attached hydrogens (tertiary/aromatic N) is 5. The standard InChI is InChI=1S/C22H19N7O8S3/c1-36-28-13(10-7-38-21(23)24-10)16(32)25-14-18(33)29-5-9(15(20(34)35)40-19(14)29)6-39-22-27-26-17(37-22)8-2-3-11(30)12(31)4-8/h2-5,7,14-15,19,30-31H,6H2,1H3,(H2,23,24)(H,25,32)(H,34,35)/b28-13-/t14-,15?,19-/m1/s1. The average Bonchev–Trinajstić information content (AvgIpc) is 3.59. The number of aliphatic carboxylic acids is 1. The third-order valence-electron chi connectivity index (χ3n) is 5.66. The molecule has 0 aliphatic carbocycles. The minimum Gasteiger partial charge on any atom is -0.504 e. The van der Waals surface area contributed by atoms with Gasteiger partial charge in [0.25, 0.3) is 17.0 Å². The number of aromatic nitrogens is 3. The molecule has 2 amide bonds. The Bertz CT molecular complexity index is 1550. The van der Waals surface area contributed by atoms with Crippen LogP contribution in [0.2, 0.25) is 0 Å². The number of nitrogen functional groups attached to an aromatic ring is 1. The number of hydrogen-bond donors (Lipinski definition) is 5. The number of carboxylic acid groups (broad SMARTS) is 1. The van der Waals surface area contributed by atoms with E-state index in [1.54, 1.807) is 0 Å². The van der Waals surface area contributed by atoms with E-state index in [9.17, 15) is 29.7 Å². The van der Waals surface area contributed by atoms with Crippen LogP contribution in [0.5, 0.6) is 11.5 Å². The summed E-state index contributed by atoms with van der Waals surface area (Å²) in [6.45, 7) is 0. The van der Waals surface area contributed by atoms with Crippen LogP contribution < -0.4 is 11.1 Å². The van der Waals surface area contributed by atoms with E-state index in [1.165, 1.54) is 41.8 Å². The van der Waals surface area contributed by atoms with Gasteiger partial charge in [0.2, 0.25) is 5.89 Å². The minimum absolute atomic E-state index is 0.0906. The highest BCUT2D eigenvalue weighted by Crippen LogP contribution is 2.42. The molecule has 1 saturated heterocycles. The number of phenols is 2. The summed E-state index contributed by atoms with van der Waals surface area (Å²) in [5.74, 6) is -2.71. The zero-order valence-electron chi connectivity index (χ0n) is 20.2. The second-order valence-electron chi connectivity index (χ2n) is 8.20. The summed E-state index contributed by atoms with van der Waals surface area (Å²) >= 11 is 3.18. The predicted octanol–water partition coefficient (Wildman–Crippen LogP) is 1.07. The van der Waals surface area contributed by atoms with Crippen LogP contribution in [0.4, 0.5) is 5.13 Å². The van der Waals surface area contributed by atoms with E-state index in [0.717, 1.165) is 34.9 Å². The number of nitrogens with two attached hydrogens (primary N) is 1. The molecule has 2 aliphatic rings. The van der Waals surface area contributed by atoms with Crippen LogP contribution in [-0.4, -0.2) is 88.4 Å². The monoisotopic (exact) mass is 605 g/mol. The first kappa shape index (κ1) is 27.3. The Hall–Kier alpha value is -4.29. The Morgan fingerprint density at radius 1 is 1.30 bits per heavy atom. The number of nitrogens with one attached hydrogen (secondary N) is 1. The number of anilines is 1. The number of phenolic OH excluding ortho intramolecular Hbond substituents is 2. The van der Waals surface area contributed by atoms with Gasteiger partial charge in [-0.05, 0) is 23.8 Å². The fourth-order valence-corrected chi connectivity index (χ4v) is 6.56. The van der Waals surface area contributed by atoms with Gasteiger partial charge in [-0.2, -0.15) is 0 Å². The van der Waals surface area contributed by atoms with E-state index in [2.05, 4.69) is 25.7 Å². The van der Waals surface area contributed by atoms with Crippen molar-refractivity contribution in [3.63, 3.8) is 0 Å². The number of benzene rings is 1. The van der Waals surface area contributed by atoms with E-state index >= 15 is 0 Å². The van der Waals surface area contributed by atoms with Crippen molar-refractivity contribution in [2.24, 2.45) is 5.16 Å². The molecule has 1 aromatic carbocycles. The van der Waals surface area contributed by atoms with E-state index in [-0.39, 0.29) is 44.9 Å². The highest BCUT2D eigenvalue weighted by Gasteiger charge is 2.53. The quantitative estimate of drug-likeness (QED) is 0.0756. The Morgan fingerprint density at radius 3 is 2.77 bits per heavy atom. The molecule has 2 aliphatic heterocycles. The van der Waals surface area contributed by atoms with Crippen LogP contribution in [0.1, 0.15) is 5.69 Å².